The van der Waals surface area contributed by atoms with E-state index in [1.54, 1.807) is 0 Å². The number of hydrogen-bond donors (Lipinski definition) is 3. The van der Waals surface area contributed by atoms with E-state index in [4.69, 9.17) is 0 Å². The Hall–Kier alpha value is -1.26. The van der Waals surface area contributed by atoms with Gasteiger partial charge in [-0.2, -0.15) is 0 Å². The number of phenolic OH excluding ortho intramolecular Hbond substituents is 2. The lowest BCUT2D eigenvalue weighted by atomic mass is 9.93. The molecular formula is C13H19NO3. The van der Waals surface area contributed by atoms with E-state index in [1.165, 1.54) is 12.1 Å². The van der Waals surface area contributed by atoms with Crippen LogP contribution in [0.3, 0.4) is 0 Å². The van der Waals surface area contributed by atoms with E-state index in [-0.39, 0.29) is 17.0 Å². The second-order valence-electron chi connectivity index (χ2n) is 5.61. The van der Waals surface area contributed by atoms with Crippen LogP contribution in [-0.4, -0.2) is 32.3 Å². The minimum atomic E-state index is -0.621. The third-order valence-electron chi connectivity index (χ3n) is 3.30. The molecule has 0 radical (unpaired) electrons. The Labute approximate surface area is 101 Å². The fourth-order valence-electron chi connectivity index (χ4n) is 2.17. The molecule has 0 bridgehead atoms. The largest absolute Gasteiger partial charge is 0.504 e. The molecule has 2 rings (SSSR count). The summed E-state index contributed by atoms with van der Waals surface area (Å²) in [6, 6.07) is 2.99. The third kappa shape index (κ3) is 2.23. The van der Waals surface area contributed by atoms with Gasteiger partial charge in [-0.3, -0.25) is 4.90 Å². The SMILES string of the molecule is CC(C)(C)N1Cc2cc(O)c(O)cc2C(O)C1. The Bertz CT molecular complexity index is 437. The molecule has 1 aromatic rings. The lowest BCUT2D eigenvalue weighted by Gasteiger charge is -2.41. The molecule has 4 nitrogen and oxygen atoms in total. The van der Waals surface area contributed by atoms with Crippen LogP contribution in [0.15, 0.2) is 12.1 Å². The predicted molar refractivity (Wildman–Crippen MR) is 64.9 cm³/mol. The molecule has 0 aromatic heterocycles. The van der Waals surface area contributed by atoms with Gasteiger partial charge in [0.25, 0.3) is 0 Å². The van der Waals surface area contributed by atoms with E-state index in [0.29, 0.717) is 18.7 Å². The summed E-state index contributed by atoms with van der Waals surface area (Å²) in [7, 11) is 0. The van der Waals surface area contributed by atoms with Crippen molar-refractivity contribution in [2.24, 2.45) is 0 Å². The van der Waals surface area contributed by atoms with Gasteiger partial charge in [-0.05, 0) is 44.0 Å². The molecule has 1 aliphatic heterocycles. The highest BCUT2D eigenvalue weighted by molar-refractivity contribution is 5.47. The topological polar surface area (TPSA) is 63.9 Å². The number of aromatic hydroxyl groups is 2. The highest BCUT2D eigenvalue weighted by Crippen LogP contribution is 2.37. The van der Waals surface area contributed by atoms with Crippen LogP contribution in [0.25, 0.3) is 0 Å². The molecule has 1 unspecified atom stereocenters. The first-order chi connectivity index (χ1) is 7.79. The van der Waals surface area contributed by atoms with Crippen LogP contribution >= 0.6 is 0 Å². The van der Waals surface area contributed by atoms with Crippen molar-refractivity contribution >= 4 is 0 Å². The number of aliphatic hydroxyl groups excluding tert-OH is 1. The van der Waals surface area contributed by atoms with E-state index < -0.39 is 6.10 Å². The fraction of sp³-hybridized carbons (Fsp3) is 0.538. The first kappa shape index (κ1) is 12.2. The quantitative estimate of drug-likeness (QED) is 0.601. The van der Waals surface area contributed by atoms with Crippen LogP contribution in [0.2, 0.25) is 0 Å². The molecule has 3 N–H and O–H groups in total. The summed E-state index contributed by atoms with van der Waals surface area (Å²) in [6.07, 6.45) is -0.621. The Balaban J connectivity index is 2.40. The van der Waals surface area contributed by atoms with Gasteiger partial charge in [-0.15, -0.1) is 0 Å². The zero-order valence-corrected chi connectivity index (χ0v) is 10.4. The second-order valence-corrected chi connectivity index (χ2v) is 5.61. The monoisotopic (exact) mass is 237 g/mol. The van der Waals surface area contributed by atoms with Crippen molar-refractivity contribution in [3.05, 3.63) is 23.3 Å². The number of hydrogen-bond acceptors (Lipinski definition) is 4. The average Bonchev–Trinajstić information content (AvgIpc) is 2.19. The van der Waals surface area contributed by atoms with Crippen LogP contribution in [0, 0.1) is 0 Å². The maximum atomic E-state index is 10.1. The van der Waals surface area contributed by atoms with Crippen LogP contribution in [-0.2, 0) is 6.54 Å². The zero-order valence-electron chi connectivity index (χ0n) is 10.4. The molecule has 0 fully saturated rings. The number of rotatable bonds is 0. The number of benzene rings is 1. The van der Waals surface area contributed by atoms with Gasteiger partial charge >= 0.3 is 0 Å². The van der Waals surface area contributed by atoms with Crippen molar-refractivity contribution in [2.45, 2.75) is 39.0 Å². The third-order valence-corrected chi connectivity index (χ3v) is 3.30. The molecule has 1 heterocycles. The van der Waals surface area contributed by atoms with Gasteiger partial charge in [-0.1, -0.05) is 0 Å². The second kappa shape index (κ2) is 3.89. The molecule has 94 valence electrons. The lowest BCUT2D eigenvalue weighted by molar-refractivity contribution is 0.0371. The van der Waals surface area contributed by atoms with Crippen LogP contribution < -0.4 is 0 Å². The molecule has 0 saturated heterocycles. The zero-order chi connectivity index (χ0) is 12.8. The maximum absolute atomic E-state index is 10.1. The summed E-state index contributed by atoms with van der Waals surface area (Å²) in [6.45, 7) is 7.48. The van der Waals surface area contributed by atoms with E-state index in [9.17, 15) is 15.3 Å². The van der Waals surface area contributed by atoms with E-state index >= 15 is 0 Å². The Morgan fingerprint density at radius 1 is 1.18 bits per heavy atom. The standard InChI is InChI=1S/C13H19NO3/c1-13(2,3)14-6-8-4-10(15)11(16)5-9(8)12(17)7-14/h4-5,12,15-17H,6-7H2,1-3H3. The molecule has 0 spiro atoms. The van der Waals surface area contributed by atoms with Crippen molar-refractivity contribution in [3.8, 4) is 11.5 Å². The number of β-amino-alcohol motifs (C(OH)–C–C–N with tert-alkyl or cyclic N) is 1. The normalized spacial score (nSPS) is 21.3. The Morgan fingerprint density at radius 3 is 2.35 bits per heavy atom. The molecule has 1 atom stereocenters. The van der Waals surface area contributed by atoms with E-state index in [0.717, 1.165) is 5.56 Å². The van der Waals surface area contributed by atoms with Gasteiger partial charge in [0.2, 0.25) is 0 Å². The lowest BCUT2D eigenvalue weighted by Crippen LogP contribution is -2.45. The average molecular weight is 237 g/mol. The van der Waals surface area contributed by atoms with Crippen molar-refractivity contribution in [1.29, 1.82) is 0 Å². The van der Waals surface area contributed by atoms with E-state index in [1.807, 2.05) is 0 Å². The highest BCUT2D eigenvalue weighted by Gasteiger charge is 2.31. The number of aliphatic hydroxyl groups is 1. The molecule has 4 heteroatoms. The number of fused-ring (bicyclic) bond motifs is 1. The first-order valence-corrected chi connectivity index (χ1v) is 5.77. The number of phenols is 2. The van der Waals surface area contributed by atoms with Gasteiger partial charge < -0.3 is 15.3 Å². The van der Waals surface area contributed by atoms with Crippen LogP contribution in [0.1, 0.15) is 38.0 Å². The summed E-state index contributed by atoms with van der Waals surface area (Å²) >= 11 is 0. The van der Waals surface area contributed by atoms with Gasteiger partial charge in [-0.25, -0.2) is 0 Å². The summed E-state index contributed by atoms with van der Waals surface area (Å²) < 4.78 is 0. The van der Waals surface area contributed by atoms with Crippen LogP contribution in [0.4, 0.5) is 0 Å². The molecule has 1 aromatic carbocycles. The smallest absolute Gasteiger partial charge is 0.157 e. The van der Waals surface area contributed by atoms with E-state index in [2.05, 4.69) is 25.7 Å². The van der Waals surface area contributed by atoms with Crippen molar-refractivity contribution in [3.63, 3.8) is 0 Å². The van der Waals surface area contributed by atoms with Gasteiger partial charge in [0.05, 0.1) is 6.10 Å². The minimum absolute atomic E-state index is 0.0355. The van der Waals surface area contributed by atoms with Crippen LogP contribution in [0.5, 0.6) is 11.5 Å². The Kier molecular flexibility index (Phi) is 2.79. The molecule has 17 heavy (non-hydrogen) atoms. The van der Waals surface area contributed by atoms with Gasteiger partial charge in [0.15, 0.2) is 11.5 Å². The van der Waals surface area contributed by atoms with Crippen molar-refractivity contribution < 1.29 is 15.3 Å². The van der Waals surface area contributed by atoms with Crippen molar-refractivity contribution in [2.75, 3.05) is 6.54 Å². The summed E-state index contributed by atoms with van der Waals surface area (Å²) in [4.78, 5) is 2.15. The maximum Gasteiger partial charge on any atom is 0.157 e. The highest BCUT2D eigenvalue weighted by atomic mass is 16.3. The Morgan fingerprint density at radius 2 is 1.76 bits per heavy atom. The molecular weight excluding hydrogens is 218 g/mol. The molecule has 0 saturated carbocycles. The molecule has 0 amide bonds. The summed E-state index contributed by atoms with van der Waals surface area (Å²) in [5.41, 5.74) is 1.54. The molecule has 0 aliphatic carbocycles. The van der Waals surface area contributed by atoms with Gasteiger partial charge in [0.1, 0.15) is 0 Å². The van der Waals surface area contributed by atoms with Crippen molar-refractivity contribution in [1.82, 2.24) is 4.90 Å². The van der Waals surface area contributed by atoms with Gasteiger partial charge in [0, 0.05) is 18.6 Å². The molecule has 1 aliphatic rings. The first-order valence-electron chi connectivity index (χ1n) is 5.77. The summed E-state index contributed by atoms with van der Waals surface area (Å²) in [5.74, 6) is -0.307. The predicted octanol–water partition coefficient (Wildman–Crippen LogP) is 1.75. The minimum Gasteiger partial charge on any atom is -0.504 e. The fourth-order valence-corrected chi connectivity index (χ4v) is 2.17. The summed E-state index contributed by atoms with van der Waals surface area (Å²) in [5, 5.41) is 29.0. The number of nitrogens with zero attached hydrogens (tertiary/aromatic N) is 1.